The quantitative estimate of drug-likeness (QED) is 0.169. The number of fused-ring (bicyclic) bond motifs is 12. The second-order valence-corrected chi connectivity index (χ2v) is 17.9. The largest absolute Gasteiger partial charge is 0.456 e. The van der Waals surface area contributed by atoms with E-state index in [1.807, 2.05) is 23.5 Å². The summed E-state index contributed by atoms with van der Waals surface area (Å²) in [6, 6.07) is 80.0. The van der Waals surface area contributed by atoms with Crippen molar-refractivity contribution in [1.29, 1.82) is 0 Å². The van der Waals surface area contributed by atoms with E-state index >= 15 is 0 Å². The summed E-state index contributed by atoms with van der Waals surface area (Å²) in [6.07, 6.45) is 0. The Morgan fingerprint density at radius 1 is 0.344 bits per heavy atom. The number of aromatic nitrogens is 2. The number of thiophene rings is 1. The standard InChI is InChI=1S/C60H36N2OS/c1-2-15-43(16-3-1)61-52-21-9-7-19-50(52)59-45(20-12-22-54(59)61)42-31-41(38-26-28-48-47-18-8-11-24-57(47)64-58(48)36-38)32-44(33-42)62-53-30-27-40(56-35-39-14-5-10-23-55(39)63-56)34-51(53)49-29-25-37-13-4-6-17-46(37)60(49)62/h1-36H. The Morgan fingerprint density at radius 2 is 1.05 bits per heavy atom. The first kappa shape index (κ1) is 35.4. The van der Waals surface area contributed by atoms with Gasteiger partial charge in [0.2, 0.25) is 0 Å². The predicted molar refractivity (Wildman–Crippen MR) is 272 cm³/mol. The van der Waals surface area contributed by atoms with Crippen molar-refractivity contribution in [1.82, 2.24) is 9.13 Å². The van der Waals surface area contributed by atoms with Gasteiger partial charge in [-0.25, -0.2) is 0 Å². The Labute approximate surface area is 371 Å². The van der Waals surface area contributed by atoms with E-state index in [9.17, 15) is 0 Å². The summed E-state index contributed by atoms with van der Waals surface area (Å²) in [5, 5.41) is 11.0. The van der Waals surface area contributed by atoms with Gasteiger partial charge in [0, 0.05) is 69.4 Å². The van der Waals surface area contributed by atoms with Crippen LogP contribution in [0.3, 0.4) is 0 Å². The lowest BCUT2D eigenvalue weighted by Gasteiger charge is -2.16. The Bertz CT molecular complexity index is 4170. The zero-order chi connectivity index (χ0) is 41.9. The predicted octanol–water partition coefficient (Wildman–Crippen LogP) is 17.1. The van der Waals surface area contributed by atoms with Crippen LogP contribution in [0, 0.1) is 0 Å². The molecule has 0 unspecified atom stereocenters. The van der Waals surface area contributed by atoms with Gasteiger partial charge in [-0.2, -0.15) is 0 Å². The third kappa shape index (κ3) is 5.27. The van der Waals surface area contributed by atoms with Gasteiger partial charge in [0.05, 0.1) is 22.1 Å². The summed E-state index contributed by atoms with van der Waals surface area (Å²) in [6.45, 7) is 0. The van der Waals surface area contributed by atoms with Gasteiger partial charge in [-0.1, -0.05) is 133 Å². The highest BCUT2D eigenvalue weighted by atomic mass is 32.1. The SMILES string of the molecule is c1ccc(-n2c3ccccc3c3c(-c4cc(-c5ccc6c(c5)sc5ccccc56)cc(-n5c6ccc(-c7cc8ccccc8o7)cc6c6ccc7ccccc7c65)c4)cccc32)cc1. The minimum atomic E-state index is 0.869. The lowest BCUT2D eigenvalue weighted by atomic mass is 9.94. The molecule has 64 heavy (non-hydrogen) atoms. The maximum absolute atomic E-state index is 6.44. The van der Waals surface area contributed by atoms with Crippen molar-refractivity contribution in [3.8, 4) is 45.0 Å². The van der Waals surface area contributed by atoms with E-state index in [0.717, 1.165) is 39.2 Å². The minimum Gasteiger partial charge on any atom is -0.456 e. The molecule has 0 aliphatic rings. The van der Waals surface area contributed by atoms with Gasteiger partial charge in [-0.15, -0.1) is 11.3 Å². The molecule has 0 fully saturated rings. The molecule has 0 saturated heterocycles. The van der Waals surface area contributed by atoms with Crippen LogP contribution in [0.5, 0.6) is 0 Å². The summed E-state index contributed by atoms with van der Waals surface area (Å²) in [7, 11) is 0. The fraction of sp³-hybridized carbons (Fsp3) is 0. The molecule has 0 spiro atoms. The van der Waals surface area contributed by atoms with Crippen LogP contribution in [-0.4, -0.2) is 9.13 Å². The molecule has 0 radical (unpaired) electrons. The smallest absolute Gasteiger partial charge is 0.135 e. The summed E-state index contributed by atoms with van der Waals surface area (Å²) in [5.74, 6) is 0.869. The molecule has 0 N–H and O–H groups in total. The van der Waals surface area contributed by atoms with Crippen LogP contribution in [0.4, 0.5) is 0 Å². The molecule has 0 saturated carbocycles. The molecule has 14 aromatic rings. The first-order valence-electron chi connectivity index (χ1n) is 21.8. The molecule has 298 valence electrons. The highest BCUT2D eigenvalue weighted by molar-refractivity contribution is 7.25. The third-order valence-electron chi connectivity index (χ3n) is 13.3. The summed E-state index contributed by atoms with van der Waals surface area (Å²) < 4.78 is 14.0. The number of rotatable bonds is 5. The number of nitrogens with zero attached hydrogens (tertiary/aromatic N) is 2. The van der Waals surface area contributed by atoms with Crippen molar-refractivity contribution in [3.63, 3.8) is 0 Å². The van der Waals surface area contributed by atoms with Crippen LogP contribution in [-0.2, 0) is 0 Å². The van der Waals surface area contributed by atoms with Gasteiger partial charge in [-0.05, 0) is 113 Å². The number of hydrogen-bond acceptors (Lipinski definition) is 2. The lowest BCUT2D eigenvalue weighted by molar-refractivity contribution is 0.631. The highest BCUT2D eigenvalue weighted by Crippen LogP contribution is 2.45. The lowest BCUT2D eigenvalue weighted by Crippen LogP contribution is -1.97. The van der Waals surface area contributed by atoms with E-state index < -0.39 is 0 Å². The molecule has 3 nitrogen and oxygen atoms in total. The monoisotopic (exact) mass is 832 g/mol. The van der Waals surface area contributed by atoms with E-state index in [1.165, 1.54) is 91.3 Å². The van der Waals surface area contributed by atoms with Gasteiger partial charge in [0.25, 0.3) is 0 Å². The molecule has 14 rings (SSSR count). The fourth-order valence-corrected chi connectivity index (χ4v) is 11.6. The van der Waals surface area contributed by atoms with Crippen LogP contribution in [0.25, 0.3) is 130 Å². The Hall–Kier alpha value is -8.18. The minimum absolute atomic E-state index is 0.869. The van der Waals surface area contributed by atoms with Crippen LogP contribution in [0.2, 0.25) is 0 Å². The van der Waals surface area contributed by atoms with Gasteiger partial charge in [0.15, 0.2) is 0 Å². The number of furan rings is 1. The van der Waals surface area contributed by atoms with Gasteiger partial charge in [0.1, 0.15) is 11.3 Å². The second-order valence-electron chi connectivity index (χ2n) is 16.9. The van der Waals surface area contributed by atoms with Crippen LogP contribution in [0.1, 0.15) is 0 Å². The first-order valence-corrected chi connectivity index (χ1v) is 22.6. The Morgan fingerprint density at radius 3 is 1.95 bits per heavy atom. The topological polar surface area (TPSA) is 23.0 Å². The van der Waals surface area contributed by atoms with Crippen LogP contribution >= 0.6 is 11.3 Å². The molecular weight excluding hydrogens is 797 g/mol. The van der Waals surface area contributed by atoms with Crippen molar-refractivity contribution in [3.05, 3.63) is 218 Å². The maximum atomic E-state index is 6.44. The van der Waals surface area contributed by atoms with Crippen molar-refractivity contribution in [2.45, 2.75) is 0 Å². The van der Waals surface area contributed by atoms with Gasteiger partial charge >= 0.3 is 0 Å². The number of hydrogen-bond donors (Lipinski definition) is 0. The first-order chi connectivity index (χ1) is 31.7. The summed E-state index contributed by atoms with van der Waals surface area (Å²) >= 11 is 1.87. The molecule has 4 heterocycles. The summed E-state index contributed by atoms with van der Waals surface area (Å²) in [5.41, 5.74) is 13.7. The molecule has 4 aromatic heterocycles. The fourth-order valence-electron chi connectivity index (χ4n) is 10.4. The van der Waals surface area contributed by atoms with Crippen LogP contribution < -0.4 is 0 Å². The molecule has 0 atom stereocenters. The average Bonchev–Trinajstić information content (AvgIpc) is 4.13. The van der Waals surface area contributed by atoms with Crippen molar-refractivity contribution in [2.24, 2.45) is 0 Å². The highest BCUT2D eigenvalue weighted by Gasteiger charge is 2.21. The molecule has 0 aliphatic carbocycles. The summed E-state index contributed by atoms with van der Waals surface area (Å²) in [4.78, 5) is 0. The van der Waals surface area contributed by atoms with Gasteiger partial charge in [-0.3, -0.25) is 0 Å². The number of para-hydroxylation sites is 3. The number of benzene rings is 10. The molecule has 0 bridgehead atoms. The van der Waals surface area contributed by atoms with E-state index in [2.05, 4.69) is 215 Å². The van der Waals surface area contributed by atoms with Crippen molar-refractivity contribution < 1.29 is 4.42 Å². The average molecular weight is 833 g/mol. The Kier molecular flexibility index (Phi) is 7.56. The molecule has 4 heteroatoms. The van der Waals surface area contributed by atoms with Crippen molar-refractivity contribution in [2.75, 3.05) is 0 Å². The van der Waals surface area contributed by atoms with Crippen LogP contribution in [0.15, 0.2) is 223 Å². The molecule has 0 amide bonds. The van der Waals surface area contributed by atoms with E-state index in [1.54, 1.807) is 0 Å². The third-order valence-corrected chi connectivity index (χ3v) is 14.4. The molecule has 0 aliphatic heterocycles. The maximum Gasteiger partial charge on any atom is 0.135 e. The van der Waals surface area contributed by atoms with E-state index in [-0.39, 0.29) is 0 Å². The second kappa shape index (κ2) is 13.7. The molecular formula is C60H36N2OS. The van der Waals surface area contributed by atoms with Crippen molar-refractivity contribution >= 4 is 96.9 Å². The molecule has 10 aromatic carbocycles. The van der Waals surface area contributed by atoms with E-state index in [0.29, 0.717) is 0 Å². The normalized spacial score (nSPS) is 12.1. The zero-order valence-corrected chi connectivity index (χ0v) is 35.3. The Balaban J connectivity index is 1.08. The zero-order valence-electron chi connectivity index (χ0n) is 34.5. The van der Waals surface area contributed by atoms with E-state index in [4.69, 9.17) is 4.42 Å². The van der Waals surface area contributed by atoms with Gasteiger partial charge < -0.3 is 13.6 Å².